The number of hydrogen-bond donors (Lipinski definition) is 1. The summed E-state index contributed by atoms with van der Waals surface area (Å²) < 4.78 is 0. The molecule has 112 valence electrons. The summed E-state index contributed by atoms with van der Waals surface area (Å²) in [5.74, 6) is 0. The van der Waals surface area contributed by atoms with Crippen molar-refractivity contribution in [1.82, 2.24) is 9.80 Å². The minimum Gasteiger partial charge on any atom is -0.398 e. The summed E-state index contributed by atoms with van der Waals surface area (Å²) in [5, 5.41) is 0. The zero-order chi connectivity index (χ0) is 14.2. The van der Waals surface area contributed by atoms with E-state index in [0.717, 1.165) is 18.8 Å². The van der Waals surface area contributed by atoms with Crippen LogP contribution in [0, 0.1) is 0 Å². The van der Waals surface area contributed by atoms with Crippen molar-refractivity contribution in [3.05, 3.63) is 29.8 Å². The van der Waals surface area contributed by atoms with Crippen LogP contribution in [0.2, 0.25) is 0 Å². The number of nitrogens with two attached hydrogens (primary N) is 1. The molecule has 0 amide bonds. The van der Waals surface area contributed by atoms with Crippen molar-refractivity contribution in [3.8, 4) is 0 Å². The molecule has 1 fully saturated rings. The average molecular weight is 275 g/mol. The number of benzene rings is 1. The summed E-state index contributed by atoms with van der Waals surface area (Å²) in [6, 6.07) is 8.25. The molecule has 1 saturated heterocycles. The van der Waals surface area contributed by atoms with Crippen LogP contribution in [0.25, 0.3) is 0 Å². The van der Waals surface area contributed by atoms with E-state index in [-0.39, 0.29) is 0 Å². The molecule has 1 aliphatic rings. The fraction of sp³-hybridized carbons (Fsp3) is 0.647. The van der Waals surface area contributed by atoms with Gasteiger partial charge in [0.05, 0.1) is 0 Å². The largest absolute Gasteiger partial charge is 0.398 e. The molecule has 0 atom stereocenters. The third-order valence-electron chi connectivity index (χ3n) is 4.14. The van der Waals surface area contributed by atoms with Gasteiger partial charge in [-0.15, -0.1) is 0 Å². The first-order chi connectivity index (χ1) is 9.79. The van der Waals surface area contributed by atoms with Gasteiger partial charge in [-0.05, 0) is 70.0 Å². The minimum absolute atomic E-state index is 0.924. The first-order valence-corrected chi connectivity index (χ1v) is 8.07. The Balaban J connectivity index is 1.78. The number of nitrogen functional groups attached to an aromatic ring is 1. The molecule has 1 aromatic rings. The summed E-state index contributed by atoms with van der Waals surface area (Å²) in [7, 11) is 0. The van der Waals surface area contributed by atoms with Gasteiger partial charge in [0.2, 0.25) is 0 Å². The molecule has 0 aliphatic carbocycles. The van der Waals surface area contributed by atoms with Crippen LogP contribution in [0.1, 0.15) is 38.2 Å². The predicted octanol–water partition coefficient (Wildman–Crippen LogP) is 2.97. The van der Waals surface area contributed by atoms with Gasteiger partial charge < -0.3 is 10.6 Å². The van der Waals surface area contributed by atoms with Gasteiger partial charge >= 0.3 is 0 Å². The van der Waals surface area contributed by atoms with Crippen molar-refractivity contribution in [3.63, 3.8) is 0 Å². The summed E-state index contributed by atoms with van der Waals surface area (Å²) in [6.07, 6.45) is 5.25. The Morgan fingerprint density at radius 1 is 1.15 bits per heavy atom. The van der Waals surface area contributed by atoms with Gasteiger partial charge in [0.25, 0.3) is 0 Å². The molecule has 0 aromatic heterocycles. The van der Waals surface area contributed by atoms with Gasteiger partial charge in [0.1, 0.15) is 0 Å². The lowest BCUT2D eigenvalue weighted by molar-refractivity contribution is 0.239. The number of anilines is 1. The Kier molecular flexibility index (Phi) is 6.34. The Morgan fingerprint density at radius 3 is 2.60 bits per heavy atom. The second-order valence-corrected chi connectivity index (χ2v) is 5.88. The zero-order valence-corrected chi connectivity index (χ0v) is 12.9. The van der Waals surface area contributed by atoms with Gasteiger partial charge in [0, 0.05) is 12.2 Å². The van der Waals surface area contributed by atoms with Crippen LogP contribution in [0.15, 0.2) is 24.3 Å². The Morgan fingerprint density at radius 2 is 1.90 bits per heavy atom. The quantitative estimate of drug-likeness (QED) is 0.740. The lowest BCUT2D eigenvalue weighted by Crippen LogP contribution is -2.29. The smallest absolute Gasteiger partial charge is 0.0359 e. The summed E-state index contributed by atoms with van der Waals surface area (Å²) in [4.78, 5) is 5.14. The molecule has 0 unspecified atom stereocenters. The highest BCUT2D eigenvalue weighted by atomic mass is 15.2. The molecule has 1 aromatic carbocycles. The van der Waals surface area contributed by atoms with E-state index in [1.807, 2.05) is 12.1 Å². The number of nitrogens with zero attached hydrogens (tertiary/aromatic N) is 2. The number of likely N-dealkylation sites (tertiary alicyclic amines) is 1. The number of rotatable bonds is 8. The predicted molar refractivity (Wildman–Crippen MR) is 86.7 cm³/mol. The Labute approximate surface area is 123 Å². The third kappa shape index (κ3) is 4.80. The lowest BCUT2D eigenvalue weighted by Gasteiger charge is -2.24. The molecule has 0 saturated carbocycles. The second kappa shape index (κ2) is 8.28. The van der Waals surface area contributed by atoms with Crippen LogP contribution >= 0.6 is 0 Å². The van der Waals surface area contributed by atoms with E-state index in [1.54, 1.807) is 0 Å². The van der Waals surface area contributed by atoms with E-state index >= 15 is 0 Å². The molecule has 1 aliphatic heterocycles. The van der Waals surface area contributed by atoms with Crippen LogP contribution in [-0.2, 0) is 6.54 Å². The molecule has 0 bridgehead atoms. The van der Waals surface area contributed by atoms with Crippen LogP contribution < -0.4 is 5.73 Å². The highest BCUT2D eigenvalue weighted by Gasteiger charge is 2.12. The van der Waals surface area contributed by atoms with Gasteiger partial charge in [-0.2, -0.15) is 0 Å². The number of para-hydroxylation sites is 1. The van der Waals surface area contributed by atoms with Gasteiger partial charge in [0.15, 0.2) is 0 Å². The van der Waals surface area contributed by atoms with Crippen molar-refractivity contribution in [2.45, 2.75) is 39.2 Å². The van der Waals surface area contributed by atoms with E-state index in [9.17, 15) is 0 Å². The van der Waals surface area contributed by atoms with Gasteiger partial charge in [-0.3, -0.25) is 4.90 Å². The highest BCUT2D eigenvalue weighted by molar-refractivity contribution is 5.46. The molecular formula is C17H29N3. The van der Waals surface area contributed by atoms with Crippen LogP contribution in [0.3, 0.4) is 0 Å². The van der Waals surface area contributed by atoms with Gasteiger partial charge in [-0.25, -0.2) is 0 Å². The Bertz CT molecular complexity index is 386. The zero-order valence-electron chi connectivity index (χ0n) is 12.9. The van der Waals surface area contributed by atoms with Crippen molar-refractivity contribution >= 4 is 5.69 Å². The maximum atomic E-state index is 6.06. The maximum absolute atomic E-state index is 6.06. The van der Waals surface area contributed by atoms with E-state index < -0.39 is 0 Å². The molecule has 3 nitrogen and oxygen atoms in total. The van der Waals surface area contributed by atoms with E-state index in [1.165, 1.54) is 57.4 Å². The Hall–Kier alpha value is -1.06. The van der Waals surface area contributed by atoms with Crippen LogP contribution in [-0.4, -0.2) is 42.5 Å². The monoisotopic (exact) mass is 275 g/mol. The third-order valence-corrected chi connectivity index (χ3v) is 4.14. The molecule has 20 heavy (non-hydrogen) atoms. The second-order valence-electron chi connectivity index (χ2n) is 5.88. The topological polar surface area (TPSA) is 32.5 Å². The SMILES string of the molecule is CCCN(CCCN1CCCC1)Cc1ccccc1N. The molecule has 0 radical (unpaired) electrons. The van der Waals surface area contributed by atoms with Crippen LogP contribution in [0.4, 0.5) is 5.69 Å². The minimum atomic E-state index is 0.924. The summed E-state index contributed by atoms with van der Waals surface area (Å²) in [6.45, 7) is 9.44. The van der Waals surface area contributed by atoms with E-state index in [4.69, 9.17) is 5.73 Å². The molecule has 2 rings (SSSR count). The standard InChI is InChI=1S/C17H29N3/c1-2-10-20(14-7-13-19-11-5-6-12-19)15-16-8-3-4-9-17(16)18/h3-4,8-9H,2,5-7,10-15,18H2,1H3. The van der Waals surface area contributed by atoms with Crippen molar-refractivity contribution < 1.29 is 0 Å². The van der Waals surface area contributed by atoms with Crippen molar-refractivity contribution in [2.24, 2.45) is 0 Å². The first-order valence-electron chi connectivity index (χ1n) is 8.07. The molecule has 3 heteroatoms. The average Bonchev–Trinajstić information content (AvgIpc) is 2.95. The molecular weight excluding hydrogens is 246 g/mol. The lowest BCUT2D eigenvalue weighted by atomic mass is 10.1. The van der Waals surface area contributed by atoms with E-state index in [0.29, 0.717) is 0 Å². The van der Waals surface area contributed by atoms with Crippen LogP contribution in [0.5, 0.6) is 0 Å². The molecule has 0 spiro atoms. The first kappa shape index (κ1) is 15.3. The number of hydrogen-bond acceptors (Lipinski definition) is 3. The normalized spacial score (nSPS) is 16.1. The van der Waals surface area contributed by atoms with E-state index in [2.05, 4.69) is 28.9 Å². The maximum Gasteiger partial charge on any atom is 0.0359 e. The molecule has 2 N–H and O–H groups in total. The fourth-order valence-corrected chi connectivity index (χ4v) is 3.03. The van der Waals surface area contributed by atoms with Crippen molar-refractivity contribution in [2.75, 3.05) is 38.5 Å². The summed E-state index contributed by atoms with van der Waals surface area (Å²) >= 11 is 0. The fourth-order valence-electron chi connectivity index (χ4n) is 3.03. The highest BCUT2D eigenvalue weighted by Crippen LogP contribution is 2.14. The van der Waals surface area contributed by atoms with Gasteiger partial charge in [-0.1, -0.05) is 25.1 Å². The van der Waals surface area contributed by atoms with Crippen molar-refractivity contribution in [1.29, 1.82) is 0 Å². The summed E-state index contributed by atoms with van der Waals surface area (Å²) in [5.41, 5.74) is 8.25. The molecule has 1 heterocycles.